The second kappa shape index (κ2) is 7.82. The first kappa shape index (κ1) is 19.6. The van der Waals surface area contributed by atoms with Crippen LogP contribution in [0.4, 0.5) is 5.69 Å². The van der Waals surface area contributed by atoms with E-state index in [0.29, 0.717) is 16.9 Å². The van der Waals surface area contributed by atoms with Crippen LogP contribution in [0.3, 0.4) is 0 Å². The second-order valence-corrected chi connectivity index (χ2v) is 6.97. The van der Waals surface area contributed by atoms with E-state index in [1.54, 1.807) is 49.4 Å². The maximum Gasteiger partial charge on any atom is 0.340 e. The van der Waals surface area contributed by atoms with Gasteiger partial charge in [-0.1, -0.05) is 28.1 Å². The molecule has 3 rings (SSSR count). The van der Waals surface area contributed by atoms with E-state index < -0.39 is 11.9 Å². The van der Waals surface area contributed by atoms with Gasteiger partial charge in [-0.05, 0) is 55.0 Å². The molecule has 0 aromatic heterocycles. The lowest BCUT2D eigenvalue weighted by molar-refractivity contribution is -0.136. The van der Waals surface area contributed by atoms with Crippen LogP contribution in [0.2, 0.25) is 0 Å². The van der Waals surface area contributed by atoms with Crippen molar-refractivity contribution in [1.82, 2.24) is 0 Å². The first-order valence-electron chi connectivity index (χ1n) is 8.28. The smallest absolute Gasteiger partial charge is 0.340 e. The Morgan fingerprint density at radius 2 is 1.68 bits per heavy atom. The van der Waals surface area contributed by atoms with E-state index in [9.17, 15) is 14.4 Å². The first-order chi connectivity index (χ1) is 13.3. The Bertz CT molecular complexity index is 1020. The Morgan fingerprint density at radius 1 is 1.07 bits per heavy atom. The lowest BCUT2D eigenvalue weighted by Gasteiger charge is -2.18. The van der Waals surface area contributed by atoms with E-state index in [-0.39, 0.29) is 22.6 Å². The second-order valence-electron chi connectivity index (χ2n) is 6.05. The minimum absolute atomic E-state index is 0.135. The van der Waals surface area contributed by atoms with Crippen molar-refractivity contribution in [3.05, 3.63) is 81.0 Å². The van der Waals surface area contributed by atoms with Crippen LogP contribution < -0.4 is 4.90 Å². The van der Waals surface area contributed by atoms with Crippen LogP contribution in [0.1, 0.15) is 22.8 Å². The zero-order valence-corrected chi connectivity index (χ0v) is 16.7. The number of carbonyl (C=O) groups excluding carboxylic acids is 2. The highest BCUT2D eigenvalue weighted by Gasteiger charge is 2.37. The molecule has 1 aliphatic rings. The summed E-state index contributed by atoms with van der Waals surface area (Å²) in [6, 6.07) is 13.2. The number of carbonyl (C=O) groups is 3. The fourth-order valence-corrected chi connectivity index (χ4v) is 3.23. The summed E-state index contributed by atoms with van der Waals surface area (Å²) in [6.07, 6.45) is 1.56. The predicted octanol–water partition coefficient (Wildman–Crippen LogP) is 4.02. The summed E-state index contributed by atoms with van der Waals surface area (Å²) in [5.74, 6) is -2.01. The lowest BCUT2D eigenvalue weighted by atomic mass is 10.0. The molecule has 0 aliphatic carbocycles. The third kappa shape index (κ3) is 3.61. The monoisotopic (exact) mass is 441 g/mol. The van der Waals surface area contributed by atoms with Gasteiger partial charge in [0.05, 0.1) is 23.8 Å². The van der Waals surface area contributed by atoms with Crippen molar-refractivity contribution in [3.8, 4) is 0 Å². The van der Waals surface area contributed by atoms with Crippen molar-refractivity contribution in [2.24, 2.45) is 0 Å². The van der Waals surface area contributed by atoms with Crippen molar-refractivity contribution in [2.45, 2.75) is 6.92 Å². The normalized spacial score (nSPS) is 15.3. The van der Waals surface area contributed by atoms with E-state index in [1.807, 2.05) is 0 Å². The molecular weight excluding hydrogens is 426 g/mol. The number of hydrogen-bond acceptors (Lipinski definition) is 4. The quantitative estimate of drug-likeness (QED) is 0.571. The molecule has 0 fully saturated rings. The molecule has 142 valence electrons. The molecule has 0 atom stereocenters. The fourth-order valence-electron chi connectivity index (χ4n) is 2.97. The molecule has 0 radical (unpaired) electrons. The summed E-state index contributed by atoms with van der Waals surface area (Å²) >= 11 is 3.36. The number of carboxylic acid groups (broad SMARTS) is 1. The largest absolute Gasteiger partial charge is 0.478 e. The van der Waals surface area contributed by atoms with Crippen LogP contribution in [0.5, 0.6) is 0 Å². The van der Waals surface area contributed by atoms with Crippen LogP contribution in [-0.4, -0.2) is 30.1 Å². The molecule has 0 spiro atoms. The molecule has 7 heteroatoms. The fraction of sp³-hybridized carbons (Fsp3) is 0.0952. The number of hydrogen-bond donors (Lipinski definition) is 1. The number of benzene rings is 2. The number of amides is 1. The Labute approximate surface area is 169 Å². The summed E-state index contributed by atoms with van der Waals surface area (Å²) < 4.78 is 5.74. The van der Waals surface area contributed by atoms with Gasteiger partial charge in [-0.15, -0.1) is 0 Å². The Hall–Kier alpha value is -3.19. The summed E-state index contributed by atoms with van der Waals surface area (Å²) in [5.41, 5.74) is 2.19. The van der Waals surface area contributed by atoms with E-state index >= 15 is 0 Å². The molecule has 0 unspecified atom stereocenters. The number of methoxy groups -OCH3 is 1. The number of allylic oxidation sites excluding steroid dienone is 1. The van der Waals surface area contributed by atoms with Crippen LogP contribution in [0.25, 0.3) is 6.08 Å². The highest BCUT2D eigenvalue weighted by molar-refractivity contribution is 9.10. The Balaban J connectivity index is 2.08. The van der Waals surface area contributed by atoms with Gasteiger partial charge in [-0.3, -0.25) is 9.69 Å². The molecule has 1 amide bonds. The number of esters is 1. The minimum Gasteiger partial charge on any atom is -0.478 e. The summed E-state index contributed by atoms with van der Waals surface area (Å²) in [7, 11) is 1.26. The summed E-state index contributed by atoms with van der Waals surface area (Å²) in [5, 5.41) is 9.02. The van der Waals surface area contributed by atoms with Crippen LogP contribution in [0.15, 0.2) is 69.8 Å². The SMILES string of the molecule is COC(=O)C1=C(C)N(c2ccc(Br)cc2)C(=O)/C1=C\c1ccc(C(=O)O)cc1. The average Bonchev–Trinajstić information content (AvgIpc) is 2.92. The van der Waals surface area contributed by atoms with Crippen molar-refractivity contribution in [3.63, 3.8) is 0 Å². The van der Waals surface area contributed by atoms with Gasteiger partial charge in [0.1, 0.15) is 0 Å². The molecule has 1 heterocycles. The third-order valence-corrected chi connectivity index (χ3v) is 4.87. The maximum absolute atomic E-state index is 13.1. The van der Waals surface area contributed by atoms with Crippen molar-refractivity contribution >= 4 is 45.5 Å². The van der Waals surface area contributed by atoms with E-state index in [1.165, 1.54) is 24.1 Å². The molecule has 0 bridgehead atoms. The van der Waals surface area contributed by atoms with Gasteiger partial charge < -0.3 is 9.84 Å². The highest BCUT2D eigenvalue weighted by Crippen LogP contribution is 2.35. The lowest BCUT2D eigenvalue weighted by Crippen LogP contribution is -2.24. The van der Waals surface area contributed by atoms with Crippen molar-refractivity contribution in [2.75, 3.05) is 12.0 Å². The van der Waals surface area contributed by atoms with Gasteiger partial charge >= 0.3 is 11.9 Å². The molecule has 28 heavy (non-hydrogen) atoms. The number of halogens is 1. The van der Waals surface area contributed by atoms with Gasteiger partial charge in [-0.2, -0.15) is 0 Å². The zero-order chi connectivity index (χ0) is 20.4. The number of nitrogens with zero attached hydrogens (tertiary/aromatic N) is 1. The van der Waals surface area contributed by atoms with Gasteiger partial charge in [0.2, 0.25) is 0 Å². The molecule has 0 saturated heterocycles. The van der Waals surface area contributed by atoms with Crippen LogP contribution >= 0.6 is 15.9 Å². The first-order valence-corrected chi connectivity index (χ1v) is 9.07. The van der Waals surface area contributed by atoms with Crippen LogP contribution in [-0.2, 0) is 14.3 Å². The number of ether oxygens (including phenoxy) is 1. The van der Waals surface area contributed by atoms with Gasteiger partial charge in [0.15, 0.2) is 0 Å². The Kier molecular flexibility index (Phi) is 5.46. The summed E-state index contributed by atoms with van der Waals surface area (Å²) in [4.78, 5) is 37.9. The molecule has 1 aliphatic heterocycles. The van der Waals surface area contributed by atoms with Crippen molar-refractivity contribution < 1.29 is 24.2 Å². The average molecular weight is 442 g/mol. The standard InChI is InChI=1S/C21H16BrNO5/c1-12-18(21(27)28-2)17(11-13-3-5-14(6-4-13)20(25)26)19(24)23(12)16-9-7-15(22)8-10-16/h3-11H,1-2H3,(H,25,26)/b17-11-. The highest BCUT2D eigenvalue weighted by atomic mass is 79.9. The predicted molar refractivity (Wildman–Crippen MR) is 108 cm³/mol. The number of aromatic carboxylic acids is 1. The Morgan fingerprint density at radius 3 is 2.21 bits per heavy atom. The molecule has 2 aromatic rings. The molecular formula is C21H16BrNO5. The molecule has 0 saturated carbocycles. The molecule has 2 aromatic carbocycles. The molecule has 6 nitrogen and oxygen atoms in total. The van der Waals surface area contributed by atoms with Gasteiger partial charge in [-0.25, -0.2) is 9.59 Å². The zero-order valence-electron chi connectivity index (χ0n) is 15.1. The van der Waals surface area contributed by atoms with Gasteiger partial charge in [0.25, 0.3) is 5.91 Å². The molecule has 1 N–H and O–H groups in total. The van der Waals surface area contributed by atoms with Gasteiger partial charge in [0, 0.05) is 15.9 Å². The number of rotatable bonds is 4. The van der Waals surface area contributed by atoms with E-state index in [0.717, 1.165) is 4.47 Å². The van der Waals surface area contributed by atoms with Crippen molar-refractivity contribution in [1.29, 1.82) is 0 Å². The minimum atomic E-state index is -1.04. The number of carboxylic acids is 1. The third-order valence-electron chi connectivity index (χ3n) is 4.34. The van der Waals surface area contributed by atoms with E-state index in [2.05, 4.69) is 15.9 Å². The summed E-state index contributed by atoms with van der Waals surface area (Å²) in [6.45, 7) is 1.68. The topological polar surface area (TPSA) is 83.9 Å². The maximum atomic E-state index is 13.1. The van der Waals surface area contributed by atoms with Crippen LogP contribution in [0, 0.1) is 0 Å². The van der Waals surface area contributed by atoms with E-state index in [4.69, 9.17) is 9.84 Å². The number of anilines is 1.